The van der Waals surface area contributed by atoms with Crippen LogP contribution in [0.1, 0.15) is 31.3 Å². The molecule has 0 saturated heterocycles. The summed E-state index contributed by atoms with van der Waals surface area (Å²) in [5.41, 5.74) is 0.852. The number of ether oxygens (including phenoxy) is 1. The number of halogens is 3. The molecule has 7 heteroatoms. The van der Waals surface area contributed by atoms with Gasteiger partial charge >= 0.3 is 6.18 Å². The number of aromatic nitrogens is 2. The molecule has 0 saturated carbocycles. The second kappa shape index (κ2) is 6.70. The van der Waals surface area contributed by atoms with Crippen LogP contribution in [0.25, 0.3) is 0 Å². The quantitative estimate of drug-likeness (QED) is 0.812. The Hall–Kier alpha value is -1.37. The molecule has 0 unspecified atom stereocenters. The van der Waals surface area contributed by atoms with Gasteiger partial charge in [0.2, 0.25) is 0 Å². The van der Waals surface area contributed by atoms with E-state index in [2.05, 4.69) is 20.0 Å². The lowest BCUT2D eigenvalue weighted by Crippen LogP contribution is -2.18. The third kappa shape index (κ3) is 5.87. The highest BCUT2D eigenvalue weighted by Crippen LogP contribution is 2.16. The van der Waals surface area contributed by atoms with Crippen LogP contribution in [-0.2, 0) is 11.2 Å². The van der Waals surface area contributed by atoms with E-state index in [1.165, 1.54) is 0 Å². The van der Waals surface area contributed by atoms with Crippen LogP contribution in [0.3, 0.4) is 0 Å². The van der Waals surface area contributed by atoms with Crippen LogP contribution in [-0.4, -0.2) is 36.4 Å². The zero-order valence-electron chi connectivity index (χ0n) is 11.2. The second-order valence-electron chi connectivity index (χ2n) is 4.42. The van der Waals surface area contributed by atoms with Gasteiger partial charge in [-0.15, -0.1) is 0 Å². The van der Waals surface area contributed by atoms with Gasteiger partial charge in [0.05, 0.1) is 6.61 Å². The van der Waals surface area contributed by atoms with E-state index in [1.807, 2.05) is 19.9 Å². The third-order valence-electron chi connectivity index (χ3n) is 2.38. The molecule has 1 aromatic heterocycles. The van der Waals surface area contributed by atoms with Gasteiger partial charge in [0, 0.05) is 25.2 Å². The fraction of sp³-hybridized carbons (Fsp3) is 0.667. The first-order chi connectivity index (χ1) is 8.81. The van der Waals surface area contributed by atoms with E-state index < -0.39 is 12.8 Å². The SMILES string of the molecule is CNc1cc(C(C)C)nc(CCOCC(F)(F)F)n1. The Morgan fingerprint density at radius 3 is 2.53 bits per heavy atom. The third-order valence-corrected chi connectivity index (χ3v) is 2.38. The predicted molar refractivity (Wildman–Crippen MR) is 66.2 cm³/mol. The molecular weight excluding hydrogens is 259 g/mol. The van der Waals surface area contributed by atoms with Gasteiger partial charge in [-0.05, 0) is 5.92 Å². The molecule has 0 radical (unpaired) electrons. The maximum absolute atomic E-state index is 11.9. The van der Waals surface area contributed by atoms with Crippen molar-refractivity contribution in [1.29, 1.82) is 0 Å². The van der Waals surface area contributed by atoms with Crippen molar-refractivity contribution in [2.24, 2.45) is 0 Å². The van der Waals surface area contributed by atoms with E-state index >= 15 is 0 Å². The van der Waals surface area contributed by atoms with Crippen molar-refractivity contribution in [2.45, 2.75) is 32.4 Å². The topological polar surface area (TPSA) is 47.0 Å². The zero-order valence-corrected chi connectivity index (χ0v) is 11.2. The summed E-state index contributed by atoms with van der Waals surface area (Å²) in [6.45, 7) is 2.69. The van der Waals surface area contributed by atoms with Gasteiger partial charge in [0.25, 0.3) is 0 Å². The van der Waals surface area contributed by atoms with E-state index in [4.69, 9.17) is 0 Å². The molecule has 0 atom stereocenters. The first-order valence-electron chi connectivity index (χ1n) is 6.02. The van der Waals surface area contributed by atoms with Gasteiger partial charge in [-0.25, -0.2) is 9.97 Å². The van der Waals surface area contributed by atoms with E-state index in [-0.39, 0.29) is 18.9 Å². The number of rotatable bonds is 6. The zero-order chi connectivity index (χ0) is 14.5. The Bertz CT molecular complexity index is 408. The molecule has 1 heterocycles. The molecule has 4 nitrogen and oxygen atoms in total. The lowest BCUT2D eigenvalue weighted by atomic mass is 10.1. The minimum absolute atomic E-state index is 0.0514. The molecular formula is C12H18F3N3O. The standard InChI is InChI=1S/C12H18F3N3O/c1-8(2)9-6-11(16-3)18-10(17-9)4-5-19-7-12(13,14)15/h6,8H,4-5,7H2,1-3H3,(H,16,17,18). The molecule has 1 N–H and O–H groups in total. The summed E-state index contributed by atoms with van der Waals surface area (Å²) < 4.78 is 40.3. The summed E-state index contributed by atoms with van der Waals surface area (Å²) in [6, 6.07) is 1.82. The first kappa shape index (κ1) is 15.7. The van der Waals surface area contributed by atoms with Gasteiger partial charge in [-0.2, -0.15) is 13.2 Å². The first-order valence-corrected chi connectivity index (χ1v) is 6.02. The molecule has 0 aliphatic heterocycles. The molecule has 0 fully saturated rings. The summed E-state index contributed by atoms with van der Waals surface area (Å²) in [4.78, 5) is 8.49. The Labute approximate surface area is 110 Å². The van der Waals surface area contributed by atoms with Crippen LogP contribution in [0.15, 0.2) is 6.07 Å². The van der Waals surface area contributed by atoms with Crippen molar-refractivity contribution in [1.82, 2.24) is 9.97 Å². The number of anilines is 1. The average molecular weight is 277 g/mol. The van der Waals surface area contributed by atoms with Crippen LogP contribution in [0, 0.1) is 0 Å². The second-order valence-corrected chi connectivity index (χ2v) is 4.42. The summed E-state index contributed by atoms with van der Waals surface area (Å²) >= 11 is 0. The van der Waals surface area contributed by atoms with Crippen LogP contribution in [0.2, 0.25) is 0 Å². The van der Waals surface area contributed by atoms with Crippen molar-refractivity contribution in [2.75, 3.05) is 25.6 Å². The lowest BCUT2D eigenvalue weighted by Gasteiger charge is -2.11. The molecule has 108 valence electrons. The van der Waals surface area contributed by atoms with E-state index in [0.717, 1.165) is 5.69 Å². The number of hydrogen-bond acceptors (Lipinski definition) is 4. The monoisotopic (exact) mass is 277 g/mol. The van der Waals surface area contributed by atoms with Crippen LogP contribution >= 0.6 is 0 Å². The number of nitrogens with zero attached hydrogens (tertiary/aromatic N) is 2. The van der Waals surface area contributed by atoms with Crippen molar-refractivity contribution in [3.05, 3.63) is 17.6 Å². The molecule has 0 aromatic carbocycles. The summed E-state index contributed by atoms with van der Waals surface area (Å²) in [7, 11) is 1.73. The fourth-order valence-electron chi connectivity index (χ4n) is 1.40. The van der Waals surface area contributed by atoms with Crippen molar-refractivity contribution in [3.8, 4) is 0 Å². The molecule has 1 rings (SSSR count). The smallest absolute Gasteiger partial charge is 0.373 e. The highest BCUT2D eigenvalue weighted by molar-refractivity contribution is 5.36. The molecule has 0 aliphatic rings. The molecule has 19 heavy (non-hydrogen) atoms. The van der Waals surface area contributed by atoms with E-state index in [0.29, 0.717) is 11.6 Å². The highest BCUT2D eigenvalue weighted by Gasteiger charge is 2.27. The number of hydrogen-bond donors (Lipinski definition) is 1. The van der Waals surface area contributed by atoms with Gasteiger partial charge in [0.1, 0.15) is 18.2 Å². The minimum atomic E-state index is -4.29. The van der Waals surface area contributed by atoms with Crippen LogP contribution < -0.4 is 5.32 Å². The Balaban J connectivity index is 2.60. The normalized spacial score (nSPS) is 11.9. The molecule has 1 aromatic rings. The number of nitrogens with one attached hydrogen (secondary N) is 1. The summed E-state index contributed by atoms with van der Waals surface area (Å²) in [5.74, 6) is 1.37. The van der Waals surface area contributed by atoms with Crippen molar-refractivity contribution >= 4 is 5.82 Å². The van der Waals surface area contributed by atoms with Gasteiger partial charge in [0.15, 0.2) is 0 Å². The molecule has 0 amide bonds. The van der Waals surface area contributed by atoms with Crippen LogP contribution in [0.4, 0.5) is 19.0 Å². The minimum Gasteiger partial charge on any atom is -0.373 e. The Morgan fingerprint density at radius 2 is 2.00 bits per heavy atom. The maximum atomic E-state index is 11.9. The number of alkyl halides is 3. The van der Waals surface area contributed by atoms with Crippen LogP contribution in [0.5, 0.6) is 0 Å². The predicted octanol–water partition coefficient (Wildman–Crippen LogP) is 2.76. The lowest BCUT2D eigenvalue weighted by molar-refractivity contribution is -0.173. The van der Waals surface area contributed by atoms with Gasteiger partial charge in [-0.3, -0.25) is 0 Å². The van der Waals surface area contributed by atoms with Gasteiger partial charge in [-0.1, -0.05) is 13.8 Å². The van der Waals surface area contributed by atoms with E-state index in [1.54, 1.807) is 7.05 Å². The van der Waals surface area contributed by atoms with E-state index in [9.17, 15) is 13.2 Å². The average Bonchev–Trinajstić information content (AvgIpc) is 2.33. The largest absolute Gasteiger partial charge is 0.411 e. The molecule has 0 bridgehead atoms. The molecule has 0 aliphatic carbocycles. The maximum Gasteiger partial charge on any atom is 0.411 e. The summed E-state index contributed by atoms with van der Waals surface area (Å²) in [6.07, 6.45) is -4.04. The van der Waals surface area contributed by atoms with Crippen molar-refractivity contribution < 1.29 is 17.9 Å². The van der Waals surface area contributed by atoms with Gasteiger partial charge < -0.3 is 10.1 Å². The van der Waals surface area contributed by atoms with Crippen molar-refractivity contribution in [3.63, 3.8) is 0 Å². The Kier molecular flexibility index (Phi) is 5.53. The highest BCUT2D eigenvalue weighted by atomic mass is 19.4. The fourth-order valence-corrected chi connectivity index (χ4v) is 1.40. The Morgan fingerprint density at radius 1 is 1.32 bits per heavy atom. The summed E-state index contributed by atoms with van der Waals surface area (Å²) in [5, 5.41) is 2.91. The molecule has 0 spiro atoms.